The number of carbonyl (C=O) groups is 3. The molecule has 9 nitrogen and oxygen atoms in total. The molecule has 0 unspecified atom stereocenters. The van der Waals surface area contributed by atoms with Gasteiger partial charge in [-0.1, -0.05) is 35.3 Å². The Morgan fingerprint density at radius 1 is 1.16 bits per heavy atom. The van der Waals surface area contributed by atoms with Crippen LogP contribution in [0.15, 0.2) is 29.2 Å². The van der Waals surface area contributed by atoms with Crippen molar-refractivity contribution in [1.29, 1.82) is 0 Å². The molecule has 0 bridgehead atoms. The molecule has 0 aromatic heterocycles. The first-order chi connectivity index (χ1) is 14.9. The first kappa shape index (κ1) is 28.1. The first-order valence-corrected chi connectivity index (χ1v) is 12.4. The summed E-state index contributed by atoms with van der Waals surface area (Å²) < 4.78 is 42.5. The molecule has 3 atom stereocenters. The summed E-state index contributed by atoms with van der Waals surface area (Å²) in [4.78, 5) is 34.2. The van der Waals surface area contributed by atoms with E-state index in [0.29, 0.717) is 0 Å². The van der Waals surface area contributed by atoms with Crippen molar-refractivity contribution < 1.29 is 37.7 Å². The van der Waals surface area contributed by atoms with E-state index in [9.17, 15) is 27.2 Å². The maximum Gasteiger partial charge on any atom is 0.306 e. The van der Waals surface area contributed by atoms with Crippen LogP contribution >= 0.6 is 23.2 Å². The Bertz CT molecular complexity index is 897. The monoisotopic (exact) mass is 514 g/mol. The number of amides is 2. The van der Waals surface area contributed by atoms with Gasteiger partial charge in [-0.15, -0.1) is 0 Å². The Morgan fingerprint density at radius 2 is 1.75 bits per heavy atom. The van der Waals surface area contributed by atoms with Gasteiger partial charge in [0.25, 0.3) is 11.8 Å². The highest BCUT2D eigenvalue weighted by atomic mass is 35.5. The average Bonchev–Trinajstić information content (AvgIpc) is 2.72. The Labute approximate surface area is 196 Å². The number of alkyl halides is 3. The number of halogens is 3. The highest BCUT2D eigenvalue weighted by Gasteiger charge is 2.30. The van der Waals surface area contributed by atoms with Crippen LogP contribution in [-0.2, 0) is 29.0 Å². The van der Waals surface area contributed by atoms with Gasteiger partial charge in [-0.25, -0.2) is 12.8 Å². The van der Waals surface area contributed by atoms with E-state index in [1.54, 1.807) is 6.92 Å². The van der Waals surface area contributed by atoms with E-state index >= 15 is 0 Å². The Balaban J connectivity index is 2.98. The topological polar surface area (TPSA) is 146 Å². The van der Waals surface area contributed by atoms with Gasteiger partial charge < -0.3 is 21.1 Å². The molecule has 2 amide bonds. The summed E-state index contributed by atoms with van der Waals surface area (Å²) in [7, 11) is -3.48. The smallest absolute Gasteiger partial charge is 0.306 e. The molecule has 1 aromatic rings. The van der Waals surface area contributed by atoms with Crippen LogP contribution in [0.5, 0.6) is 0 Å². The number of hydrogen-bond acceptors (Lipinski definition) is 6. The number of rotatable bonds is 12. The molecule has 0 radical (unpaired) electrons. The van der Waals surface area contributed by atoms with Crippen molar-refractivity contribution in [3.63, 3.8) is 0 Å². The standard InChI is InChI=1S/C19H26Cl2FN3O6S/c1-11(23)18(27)24-9-3-4-15(26)31-16(14(10-22)25-19(28)17(20)21)12-5-7-13(8-6-12)32(2,29)30/h5-8,11,14,16-17H,3-4,9-10,23H2,1-2H3,(H,24,27)(H,25,28)/p+1/t11-,14+,16+/m0/s1. The molecule has 0 saturated carbocycles. The van der Waals surface area contributed by atoms with Gasteiger partial charge >= 0.3 is 5.97 Å². The van der Waals surface area contributed by atoms with Crippen LogP contribution < -0.4 is 16.4 Å². The van der Waals surface area contributed by atoms with Crippen molar-refractivity contribution in [1.82, 2.24) is 10.6 Å². The van der Waals surface area contributed by atoms with Gasteiger partial charge in [0.05, 0.1) is 10.9 Å². The third kappa shape index (κ3) is 9.27. The second kappa shape index (κ2) is 12.9. The van der Waals surface area contributed by atoms with E-state index in [0.717, 1.165) is 6.26 Å². The van der Waals surface area contributed by atoms with Gasteiger partial charge in [0.15, 0.2) is 20.7 Å². The van der Waals surface area contributed by atoms with Crippen LogP contribution in [-0.4, -0.2) is 62.6 Å². The molecule has 0 spiro atoms. The third-order valence-corrected chi connectivity index (χ3v) is 5.78. The number of ether oxygens (including phenoxy) is 1. The lowest BCUT2D eigenvalue weighted by Gasteiger charge is -2.27. The summed E-state index contributed by atoms with van der Waals surface area (Å²) in [5.41, 5.74) is 3.84. The minimum absolute atomic E-state index is 0.0177. The highest BCUT2D eigenvalue weighted by Crippen LogP contribution is 2.25. The van der Waals surface area contributed by atoms with Crippen molar-refractivity contribution in [3.8, 4) is 0 Å². The maximum absolute atomic E-state index is 13.8. The molecular weight excluding hydrogens is 488 g/mol. The molecule has 0 heterocycles. The molecule has 32 heavy (non-hydrogen) atoms. The molecule has 0 aliphatic heterocycles. The van der Waals surface area contributed by atoms with Crippen LogP contribution in [0.25, 0.3) is 0 Å². The zero-order chi connectivity index (χ0) is 24.5. The molecular formula is C19H27Cl2FN3O6S+. The highest BCUT2D eigenvalue weighted by molar-refractivity contribution is 7.90. The Hall–Kier alpha value is -1.95. The quantitative estimate of drug-likeness (QED) is 0.209. The molecule has 1 rings (SSSR count). The number of sulfone groups is 1. The lowest BCUT2D eigenvalue weighted by molar-refractivity contribution is -0.398. The predicted molar refractivity (Wildman–Crippen MR) is 116 cm³/mol. The van der Waals surface area contributed by atoms with E-state index in [1.807, 2.05) is 0 Å². The zero-order valence-electron chi connectivity index (χ0n) is 17.6. The van der Waals surface area contributed by atoms with E-state index < -0.39 is 51.4 Å². The van der Waals surface area contributed by atoms with Gasteiger partial charge in [0.2, 0.25) is 0 Å². The SMILES string of the molecule is C[C@H]([NH3+])C(=O)NCCCC(=O)O[C@H](c1ccc(S(C)(=O)=O)cc1)[C@@H](CF)NC(=O)C(Cl)Cl. The van der Waals surface area contributed by atoms with Crippen LogP contribution in [0.4, 0.5) is 4.39 Å². The fourth-order valence-electron chi connectivity index (χ4n) is 2.55. The third-order valence-electron chi connectivity index (χ3n) is 4.26. The van der Waals surface area contributed by atoms with Crippen molar-refractivity contribution in [2.24, 2.45) is 0 Å². The Morgan fingerprint density at radius 3 is 2.22 bits per heavy atom. The van der Waals surface area contributed by atoms with Crippen LogP contribution in [0, 0.1) is 0 Å². The fraction of sp³-hybridized carbons (Fsp3) is 0.526. The van der Waals surface area contributed by atoms with E-state index in [4.69, 9.17) is 27.9 Å². The van der Waals surface area contributed by atoms with E-state index in [1.165, 1.54) is 24.3 Å². The molecule has 0 saturated heterocycles. The van der Waals surface area contributed by atoms with Gasteiger partial charge in [-0.3, -0.25) is 14.4 Å². The summed E-state index contributed by atoms with van der Waals surface area (Å²) >= 11 is 11.0. The number of carbonyl (C=O) groups excluding carboxylic acids is 3. The summed E-state index contributed by atoms with van der Waals surface area (Å²) in [6.45, 7) is 0.724. The van der Waals surface area contributed by atoms with E-state index in [-0.39, 0.29) is 35.8 Å². The van der Waals surface area contributed by atoms with Crippen molar-refractivity contribution in [2.45, 2.75) is 47.7 Å². The molecule has 13 heteroatoms. The second-order valence-corrected chi connectivity index (χ2v) is 10.2. The number of nitrogens with one attached hydrogen (secondary N) is 2. The van der Waals surface area contributed by atoms with Gasteiger partial charge in [0, 0.05) is 19.2 Å². The summed E-state index contributed by atoms with van der Waals surface area (Å²) in [6.07, 6.45) is -0.0785. The average molecular weight is 515 g/mol. The van der Waals surface area contributed by atoms with Crippen molar-refractivity contribution in [3.05, 3.63) is 29.8 Å². The lowest BCUT2D eigenvalue weighted by Crippen LogP contribution is -2.65. The van der Waals surface area contributed by atoms with Crippen LogP contribution in [0.2, 0.25) is 0 Å². The summed E-state index contributed by atoms with van der Waals surface area (Å²) in [5.74, 6) is -1.85. The fourth-order valence-corrected chi connectivity index (χ4v) is 3.30. The molecule has 0 aliphatic rings. The number of esters is 1. The van der Waals surface area contributed by atoms with Gasteiger partial charge in [-0.05, 0) is 31.0 Å². The number of hydrogen-bond donors (Lipinski definition) is 3. The number of quaternary nitrogens is 1. The van der Waals surface area contributed by atoms with Crippen LogP contribution in [0.1, 0.15) is 31.4 Å². The summed E-state index contributed by atoms with van der Waals surface area (Å²) in [5, 5.41) is 4.88. The number of benzene rings is 1. The van der Waals surface area contributed by atoms with Gasteiger partial charge in [-0.2, -0.15) is 0 Å². The molecule has 180 valence electrons. The molecule has 0 aliphatic carbocycles. The first-order valence-electron chi connectivity index (χ1n) is 9.61. The van der Waals surface area contributed by atoms with Crippen molar-refractivity contribution >= 4 is 50.8 Å². The van der Waals surface area contributed by atoms with Crippen molar-refractivity contribution in [2.75, 3.05) is 19.5 Å². The van der Waals surface area contributed by atoms with Crippen LogP contribution in [0.3, 0.4) is 0 Å². The Kier molecular flexibility index (Phi) is 11.3. The minimum Gasteiger partial charge on any atom is -0.455 e. The lowest BCUT2D eigenvalue weighted by atomic mass is 10.0. The largest absolute Gasteiger partial charge is 0.455 e. The predicted octanol–water partition coefficient (Wildman–Crippen LogP) is 0.459. The zero-order valence-corrected chi connectivity index (χ0v) is 20.0. The molecule has 5 N–H and O–H groups in total. The normalized spacial score (nSPS) is 14.3. The second-order valence-electron chi connectivity index (χ2n) is 7.12. The summed E-state index contributed by atoms with van der Waals surface area (Å²) in [6, 6.07) is 3.52. The molecule has 0 fully saturated rings. The molecule has 1 aromatic carbocycles. The van der Waals surface area contributed by atoms with E-state index in [2.05, 4.69) is 16.4 Å². The minimum atomic E-state index is -3.48. The maximum atomic E-state index is 13.8. The van der Waals surface area contributed by atoms with Gasteiger partial charge in [0.1, 0.15) is 12.8 Å².